The van der Waals surface area contributed by atoms with Gasteiger partial charge in [0.1, 0.15) is 0 Å². The average Bonchev–Trinajstić information content (AvgIpc) is 1.92. The Morgan fingerprint density at radius 1 is 1.17 bits per heavy atom. The summed E-state index contributed by atoms with van der Waals surface area (Å²) in [4.78, 5) is 0. The molecular weight excluding hydrogens is 148 g/mol. The molecule has 0 aromatic heterocycles. The van der Waals surface area contributed by atoms with Gasteiger partial charge in [0.05, 0.1) is 6.10 Å². The fraction of sp³-hybridized carbons (Fsp3) is 1.00. The van der Waals surface area contributed by atoms with Gasteiger partial charge in [-0.05, 0) is 30.1 Å². The number of hydrogen-bond donors (Lipinski definition) is 1. The highest BCUT2D eigenvalue weighted by Crippen LogP contribution is 2.40. The maximum atomic E-state index is 9.97. The molecule has 1 rings (SSSR count). The van der Waals surface area contributed by atoms with E-state index in [-0.39, 0.29) is 11.5 Å². The Hall–Kier alpha value is -0.0400. The molecule has 1 aliphatic rings. The standard InChI is InChI=1S/C11H22O/c1-8-6-5-7-9(10(8)12)11(2,3)4/h8-10,12H,5-7H2,1-4H3. The quantitative estimate of drug-likeness (QED) is 0.592. The molecule has 0 amide bonds. The topological polar surface area (TPSA) is 20.2 Å². The summed E-state index contributed by atoms with van der Waals surface area (Å²) in [5.74, 6) is 1.00. The van der Waals surface area contributed by atoms with Gasteiger partial charge < -0.3 is 5.11 Å². The summed E-state index contributed by atoms with van der Waals surface area (Å²) in [5, 5.41) is 9.97. The molecule has 1 aliphatic carbocycles. The first-order chi connectivity index (χ1) is 5.43. The Kier molecular flexibility index (Phi) is 2.82. The summed E-state index contributed by atoms with van der Waals surface area (Å²) in [6.07, 6.45) is 3.63. The van der Waals surface area contributed by atoms with E-state index in [1.807, 2.05) is 0 Å². The summed E-state index contributed by atoms with van der Waals surface area (Å²) in [7, 11) is 0. The van der Waals surface area contributed by atoms with Crippen LogP contribution in [0.15, 0.2) is 0 Å². The van der Waals surface area contributed by atoms with E-state index in [0.717, 1.165) is 0 Å². The van der Waals surface area contributed by atoms with Gasteiger partial charge in [-0.1, -0.05) is 34.1 Å². The first-order valence-electron chi connectivity index (χ1n) is 5.11. The fourth-order valence-corrected chi connectivity index (χ4v) is 2.34. The first kappa shape index (κ1) is 10.0. The summed E-state index contributed by atoms with van der Waals surface area (Å²) in [6.45, 7) is 8.87. The molecule has 0 saturated heterocycles. The Balaban J connectivity index is 2.64. The van der Waals surface area contributed by atoms with E-state index in [1.165, 1.54) is 19.3 Å². The van der Waals surface area contributed by atoms with Crippen LogP contribution in [0.4, 0.5) is 0 Å². The molecule has 1 nitrogen and oxygen atoms in total. The van der Waals surface area contributed by atoms with Crippen molar-refractivity contribution in [2.45, 2.75) is 53.1 Å². The molecule has 0 aromatic rings. The highest BCUT2D eigenvalue weighted by atomic mass is 16.3. The fourth-order valence-electron chi connectivity index (χ4n) is 2.34. The molecule has 0 aliphatic heterocycles. The lowest BCUT2D eigenvalue weighted by Crippen LogP contribution is -2.39. The maximum absolute atomic E-state index is 9.97. The average molecular weight is 170 g/mol. The van der Waals surface area contributed by atoms with Gasteiger partial charge in [-0.2, -0.15) is 0 Å². The normalized spacial score (nSPS) is 38.2. The highest BCUT2D eigenvalue weighted by Gasteiger charge is 2.36. The zero-order chi connectivity index (χ0) is 9.35. The van der Waals surface area contributed by atoms with E-state index in [4.69, 9.17) is 0 Å². The van der Waals surface area contributed by atoms with Crippen LogP contribution in [-0.4, -0.2) is 11.2 Å². The smallest absolute Gasteiger partial charge is 0.0598 e. The van der Waals surface area contributed by atoms with Crippen molar-refractivity contribution in [1.29, 1.82) is 0 Å². The van der Waals surface area contributed by atoms with E-state index >= 15 is 0 Å². The van der Waals surface area contributed by atoms with E-state index in [2.05, 4.69) is 27.7 Å². The monoisotopic (exact) mass is 170 g/mol. The van der Waals surface area contributed by atoms with Gasteiger partial charge in [-0.15, -0.1) is 0 Å². The second-order valence-corrected chi connectivity index (χ2v) is 5.37. The second kappa shape index (κ2) is 3.37. The molecule has 0 heterocycles. The molecule has 0 spiro atoms. The molecule has 1 fully saturated rings. The summed E-state index contributed by atoms with van der Waals surface area (Å²) in [6, 6.07) is 0. The lowest BCUT2D eigenvalue weighted by atomic mass is 9.68. The minimum absolute atomic E-state index is 0.0706. The Bertz CT molecular complexity index is 146. The first-order valence-corrected chi connectivity index (χ1v) is 5.11. The zero-order valence-electron chi connectivity index (χ0n) is 8.80. The molecule has 1 saturated carbocycles. The van der Waals surface area contributed by atoms with Crippen LogP contribution in [0.1, 0.15) is 47.0 Å². The van der Waals surface area contributed by atoms with Crippen LogP contribution >= 0.6 is 0 Å². The number of aliphatic hydroxyl groups excluding tert-OH is 1. The summed E-state index contributed by atoms with van der Waals surface area (Å²) in [5.41, 5.74) is 0.272. The molecule has 3 atom stereocenters. The predicted octanol–water partition coefficient (Wildman–Crippen LogP) is 2.83. The van der Waals surface area contributed by atoms with Crippen LogP contribution < -0.4 is 0 Å². The van der Waals surface area contributed by atoms with Crippen LogP contribution in [0.5, 0.6) is 0 Å². The van der Waals surface area contributed by atoms with E-state index < -0.39 is 0 Å². The van der Waals surface area contributed by atoms with Crippen molar-refractivity contribution >= 4 is 0 Å². The van der Waals surface area contributed by atoms with Crippen LogP contribution in [0.25, 0.3) is 0 Å². The third kappa shape index (κ3) is 2.01. The molecule has 1 heteroatoms. The van der Waals surface area contributed by atoms with Crippen molar-refractivity contribution in [1.82, 2.24) is 0 Å². The molecule has 0 aromatic carbocycles. The number of hydrogen-bond acceptors (Lipinski definition) is 1. The van der Waals surface area contributed by atoms with Crippen LogP contribution in [0, 0.1) is 17.3 Å². The van der Waals surface area contributed by atoms with Crippen molar-refractivity contribution in [3.8, 4) is 0 Å². The summed E-state index contributed by atoms with van der Waals surface area (Å²) >= 11 is 0. The van der Waals surface area contributed by atoms with Crippen molar-refractivity contribution < 1.29 is 5.11 Å². The van der Waals surface area contributed by atoms with Crippen LogP contribution in [0.2, 0.25) is 0 Å². The summed E-state index contributed by atoms with van der Waals surface area (Å²) < 4.78 is 0. The van der Waals surface area contributed by atoms with Gasteiger partial charge in [0, 0.05) is 0 Å². The lowest BCUT2D eigenvalue weighted by Gasteiger charge is -2.40. The van der Waals surface area contributed by atoms with E-state index in [1.54, 1.807) is 0 Å². The third-order valence-corrected chi connectivity index (χ3v) is 3.28. The molecule has 0 radical (unpaired) electrons. The van der Waals surface area contributed by atoms with Gasteiger partial charge in [0.2, 0.25) is 0 Å². The molecule has 3 unspecified atom stereocenters. The third-order valence-electron chi connectivity index (χ3n) is 3.28. The minimum atomic E-state index is -0.0706. The van der Waals surface area contributed by atoms with Gasteiger partial charge in [0.25, 0.3) is 0 Å². The van der Waals surface area contributed by atoms with E-state index in [0.29, 0.717) is 11.8 Å². The SMILES string of the molecule is CC1CCCC(C(C)(C)C)C1O. The predicted molar refractivity (Wildman–Crippen MR) is 52.0 cm³/mol. The zero-order valence-corrected chi connectivity index (χ0v) is 8.80. The Labute approximate surface area is 76.2 Å². The maximum Gasteiger partial charge on any atom is 0.0598 e. The van der Waals surface area contributed by atoms with Crippen LogP contribution in [-0.2, 0) is 0 Å². The lowest BCUT2D eigenvalue weighted by molar-refractivity contribution is -0.0243. The van der Waals surface area contributed by atoms with Crippen molar-refractivity contribution in [2.24, 2.45) is 17.3 Å². The Morgan fingerprint density at radius 2 is 1.75 bits per heavy atom. The van der Waals surface area contributed by atoms with Gasteiger partial charge in [-0.3, -0.25) is 0 Å². The minimum Gasteiger partial charge on any atom is -0.393 e. The Morgan fingerprint density at radius 3 is 2.17 bits per heavy atom. The molecular formula is C11H22O. The largest absolute Gasteiger partial charge is 0.393 e. The van der Waals surface area contributed by atoms with Gasteiger partial charge >= 0.3 is 0 Å². The van der Waals surface area contributed by atoms with E-state index in [9.17, 15) is 5.11 Å². The van der Waals surface area contributed by atoms with Crippen molar-refractivity contribution in [3.05, 3.63) is 0 Å². The number of rotatable bonds is 0. The molecule has 12 heavy (non-hydrogen) atoms. The van der Waals surface area contributed by atoms with Crippen LogP contribution in [0.3, 0.4) is 0 Å². The van der Waals surface area contributed by atoms with Gasteiger partial charge in [-0.25, -0.2) is 0 Å². The second-order valence-electron chi connectivity index (χ2n) is 5.37. The number of aliphatic hydroxyl groups is 1. The highest BCUT2D eigenvalue weighted by molar-refractivity contribution is 4.86. The molecule has 1 N–H and O–H groups in total. The molecule has 72 valence electrons. The van der Waals surface area contributed by atoms with Crippen molar-refractivity contribution in [3.63, 3.8) is 0 Å². The van der Waals surface area contributed by atoms with Crippen molar-refractivity contribution in [2.75, 3.05) is 0 Å². The molecule has 0 bridgehead atoms. The van der Waals surface area contributed by atoms with Gasteiger partial charge in [0.15, 0.2) is 0 Å².